The van der Waals surface area contributed by atoms with E-state index in [9.17, 15) is 0 Å². The molecular formula is C11H11BrClN3S. The van der Waals surface area contributed by atoms with E-state index in [1.54, 1.807) is 17.5 Å². The van der Waals surface area contributed by atoms with Gasteiger partial charge in [0, 0.05) is 18.1 Å². The quantitative estimate of drug-likeness (QED) is 0.899. The lowest BCUT2D eigenvalue weighted by molar-refractivity contribution is 0.963. The zero-order valence-electron chi connectivity index (χ0n) is 9.20. The van der Waals surface area contributed by atoms with Gasteiger partial charge in [0.25, 0.3) is 0 Å². The predicted molar refractivity (Wildman–Crippen MR) is 76.8 cm³/mol. The number of nitrogens with one attached hydrogen (secondary N) is 1. The number of rotatable bonds is 4. The molecule has 0 aliphatic heterocycles. The first-order chi connectivity index (χ1) is 8.20. The second-order valence-electron chi connectivity index (χ2n) is 3.45. The van der Waals surface area contributed by atoms with E-state index in [0.717, 1.165) is 33.2 Å². The van der Waals surface area contributed by atoms with Crippen LogP contribution in [0.2, 0.25) is 5.02 Å². The van der Waals surface area contributed by atoms with Crippen molar-refractivity contribution in [1.29, 1.82) is 0 Å². The molecule has 0 saturated carbocycles. The van der Waals surface area contributed by atoms with Crippen LogP contribution in [-0.4, -0.2) is 16.5 Å². The van der Waals surface area contributed by atoms with Gasteiger partial charge in [-0.1, -0.05) is 18.5 Å². The molecule has 0 saturated heterocycles. The minimum atomic E-state index is 0.698. The van der Waals surface area contributed by atoms with Gasteiger partial charge in [-0.25, -0.2) is 9.97 Å². The van der Waals surface area contributed by atoms with Crippen molar-refractivity contribution in [2.24, 2.45) is 0 Å². The molecule has 0 aromatic carbocycles. The lowest BCUT2D eigenvalue weighted by Crippen LogP contribution is -2.04. The summed E-state index contributed by atoms with van der Waals surface area (Å²) in [5.41, 5.74) is 0. The number of hydrogen-bond donors (Lipinski definition) is 1. The van der Waals surface area contributed by atoms with Crippen molar-refractivity contribution in [3.63, 3.8) is 0 Å². The molecule has 3 nitrogen and oxygen atoms in total. The molecular weight excluding hydrogens is 322 g/mol. The van der Waals surface area contributed by atoms with Crippen LogP contribution in [0.25, 0.3) is 10.7 Å². The van der Waals surface area contributed by atoms with Gasteiger partial charge in [-0.2, -0.15) is 0 Å². The van der Waals surface area contributed by atoms with E-state index in [1.807, 2.05) is 11.4 Å². The van der Waals surface area contributed by atoms with Crippen LogP contribution in [-0.2, 0) is 0 Å². The van der Waals surface area contributed by atoms with E-state index in [0.29, 0.717) is 5.82 Å². The molecule has 0 amide bonds. The van der Waals surface area contributed by atoms with Gasteiger partial charge in [0.2, 0.25) is 0 Å². The summed E-state index contributed by atoms with van der Waals surface area (Å²) >= 11 is 10.9. The van der Waals surface area contributed by atoms with E-state index < -0.39 is 0 Å². The fraction of sp³-hybridized carbons (Fsp3) is 0.273. The van der Waals surface area contributed by atoms with Gasteiger partial charge >= 0.3 is 0 Å². The van der Waals surface area contributed by atoms with Crippen LogP contribution in [0.15, 0.2) is 22.1 Å². The number of anilines is 1. The van der Waals surface area contributed by atoms with Gasteiger partial charge in [-0.3, -0.25) is 0 Å². The van der Waals surface area contributed by atoms with Gasteiger partial charge in [0.05, 0.1) is 14.4 Å². The number of nitrogens with zero attached hydrogens (tertiary/aromatic N) is 2. The lowest BCUT2D eigenvalue weighted by Gasteiger charge is -2.06. The monoisotopic (exact) mass is 331 g/mol. The van der Waals surface area contributed by atoms with Crippen molar-refractivity contribution in [1.82, 2.24) is 9.97 Å². The Morgan fingerprint density at radius 2 is 2.35 bits per heavy atom. The lowest BCUT2D eigenvalue weighted by atomic mass is 10.4. The van der Waals surface area contributed by atoms with Gasteiger partial charge in [-0.05, 0) is 28.4 Å². The summed E-state index contributed by atoms with van der Waals surface area (Å²) in [7, 11) is 0. The Morgan fingerprint density at radius 1 is 1.53 bits per heavy atom. The third kappa shape index (κ3) is 3.18. The van der Waals surface area contributed by atoms with E-state index in [2.05, 4.69) is 38.1 Å². The number of aromatic nitrogens is 2. The van der Waals surface area contributed by atoms with Crippen LogP contribution in [0.4, 0.5) is 5.82 Å². The van der Waals surface area contributed by atoms with E-state index in [4.69, 9.17) is 11.6 Å². The predicted octanol–water partition coefficient (Wildman–Crippen LogP) is 4.44. The third-order valence-corrected chi connectivity index (χ3v) is 3.93. The Kier molecular flexibility index (Phi) is 4.36. The van der Waals surface area contributed by atoms with Crippen molar-refractivity contribution in [2.45, 2.75) is 13.3 Å². The second-order valence-corrected chi connectivity index (χ2v) is 5.65. The van der Waals surface area contributed by atoms with Gasteiger partial charge < -0.3 is 5.32 Å². The molecule has 0 radical (unpaired) electrons. The van der Waals surface area contributed by atoms with Crippen LogP contribution in [0, 0.1) is 0 Å². The average molecular weight is 333 g/mol. The minimum Gasteiger partial charge on any atom is -0.369 e. The molecule has 2 aromatic heterocycles. The molecule has 90 valence electrons. The Labute approximate surface area is 117 Å². The number of thiophene rings is 1. The number of halogens is 2. The minimum absolute atomic E-state index is 0.698. The topological polar surface area (TPSA) is 37.8 Å². The highest BCUT2D eigenvalue weighted by molar-refractivity contribution is 9.10. The molecule has 0 aliphatic rings. The maximum absolute atomic E-state index is 5.89. The summed E-state index contributed by atoms with van der Waals surface area (Å²) in [6, 6.07) is 1.87. The highest BCUT2D eigenvalue weighted by atomic mass is 79.9. The first-order valence-electron chi connectivity index (χ1n) is 5.21. The van der Waals surface area contributed by atoms with Crippen molar-refractivity contribution in [3.8, 4) is 10.7 Å². The summed E-state index contributed by atoms with van der Waals surface area (Å²) in [5, 5.41) is 5.85. The first kappa shape index (κ1) is 12.8. The first-order valence-corrected chi connectivity index (χ1v) is 7.26. The molecule has 1 N–H and O–H groups in total. The Morgan fingerprint density at radius 3 is 3.00 bits per heavy atom. The third-order valence-electron chi connectivity index (χ3n) is 2.07. The molecule has 0 spiro atoms. The Bertz CT molecular complexity index is 515. The van der Waals surface area contributed by atoms with E-state index >= 15 is 0 Å². The van der Waals surface area contributed by atoms with Crippen LogP contribution >= 0.6 is 38.9 Å². The zero-order chi connectivity index (χ0) is 12.3. The average Bonchev–Trinajstić information content (AvgIpc) is 2.75. The molecule has 17 heavy (non-hydrogen) atoms. The SMILES string of the molecule is CCCNc1nc(-c2cc(Cl)cs2)ncc1Br. The van der Waals surface area contributed by atoms with Gasteiger partial charge in [0.15, 0.2) is 5.82 Å². The van der Waals surface area contributed by atoms with Crippen LogP contribution in [0.1, 0.15) is 13.3 Å². The van der Waals surface area contributed by atoms with E-state index in [1.165, 1.54) is 0 Å². The molecule has 0 atom stereocenters. The standard InChI is InChI=1S/C11H11BrClN3S/c1-2-3-14-10-8(12)5-15-11(16-10)9-4-7(13)6-17-9/h4-6H,2-3H2,1H3,(H,14,15,16). The van der Waals surface area contributed by atoms with Crippen molar-refractivity contribution in [2.75, 3.05) is 11.9 Å². The van der Waals surface area contributed by atoms with Crippen LogP contribution < -0.4 is 5.32 Å². The fourth-order valence-electron chi connectivity index (χ4n) is 1.28. The van der Waals surface area contributed by atoms with Gasteiger partial charge in [-0.15, -0.1) is 11.3 Å². The maximum Gasteiger partial charge on any atom is 0.171 e. The van der Waals surface area contributed by atoms with Crippen molar-refractivity contribution in [3.05, 3.63) is 27.1 Å². The summed E-state index contributed by atoms with van der Waals surface area (Å²) in [4.78, 5) is 9.73. The maximum atomic E-state index is 5.89. The summed E-state index contributed by atoms with van der Waals surface area (Å²) in [6.07, 6.45) is 2.81. The summed E-state index contributed by atoms with van der Waals surface area (Å²) < 4.78 is 0.873. The Balaban J connectivity index is 2.30. The molecule has 2 heterocycles. The largest absolute Gasteiger partial charge is 0.369 e. The van der Waals surface area contributed by atoms with Crippen LogP contribution in [0.5, 0.6) is 0 Å². The molecule has 6 heteroatoms. The van der Waals surface area contributed by atoms with Crippen molar-refractivity contribution >= 4 is 44.7 Å². The summed E-state index contributed by atoms with van der Waals surface area (Å²) in [6.45, 7) is 3.00. The fourth-order valence-corrected chi connectivity index (χ4v) is 2.63. The summed E-state index contributed by atoms with van der Waals surface area (Å²) in [5.74, 6) is 1.52. The highest BCUT2D eigenvalue weighted by Gasteiger charge is 2.08. The van der Waals surface area contributed by atoms with Gasteiger partial charge in [0.1, 0.15) is 5.82 Å². The normalized spacial score (nSPS) is 10.5. The second kappa shape index (κ2) is 5.80. The van der Waals surface area contributed by atoms with Crippen LogP contribution in [0.3, 0.4) is 0 Å². The molecule has 0 bridgehead atoms. The van der Waals surface area contributed by atoms with E-state index in [-0.39, 0.29) is 0 Å². The molecule has 0 unspecified atom stereocenters. The zero-order valence-corrected chi connectivity index (χ0v) is 12.4. The Hall–Kier alpha value is -0.650. The highest BCUT2D eigenvalue weighted by Crippen LogP contribution is 2.29. The molecule has 2 rings (SSSR count). The molecule has 0 aliphatic carbocycles. The number of hydrogen-bond acceptors (Lipinski definition) is 4. The molecule has 2 aromatic rings. The molecule has 0 fully saturated rings. The smallest absolute Gasteiger partial charge is 0.171 e. The van der Waals surface area contributed by atoms with Crippen molar-refractivity contribution < 1.29 is 0 Å².